The molecule has 0 fully saturated rings. The maximum atomic E-state index is 6.33. The molecule has 0 spiro atoms. The molecule has 2 aromatic rings. The first-order valence-electron chi connectivity index (χ1n) is 6.77. The molecule has 108 valence electrons. The normalized spacial score (nSPS) is 12.6. The Kier molecular flexibility index (Phi) is 5.46. The van der Waals surface area contributed by atoms with Crippen molar-refractivity contribution >= 4 is 23.2 Å². The Balaban J connectivity index is 2.30. The zero-order valence-corrected chi connectivity index (χ0v) is 13.2. The summed E-state index contributed by atoms with van der Waals surface area (Å²) in [7, 11) is 1.99. The molecule has 5 heteroatoms. The molecule has 0 saturated heterocycles. The summed E-state index contributed by atoms with van der Waals surface area (Å²) >= 11 is 12.7. The number of imidazole rings is 1. The van der Waals surface area contributed by atoms with Crippen molar-refractivity contribution < 1.29 is 0 Å². The van der Waals surface area contributed by atoms with Gasteiger partial charge in [0.25, 0.3) is 0 Å². The molecular formula is C15H19Cl2N3. The number of hydrogen-bond donors (Lipinski definition) is 1. The second-order valence-electron chi connectivity index (χ2n) is 4.80. The minimum atomic E-state index is 0.0669. The van der Waals surface area contributed by atoms with Gasteiger partial charge in [-0.3, -0.25) is 0 Å². The van der Waals surface area contributed by atoms with Crippen LogP contribution in [0, 0.1) is 0 Å². The number of nitrogens with one attached hydrogen (secondary N) is 1. The van der Waals surface area contributed by atoms with Crippen LogP contribution in [-0.4, -0.2) is 16.1 Å². The third-order valence-corrected chi connectivity index (χ3v) is 3.96. The number of nitrogens with zero attached hydrogens (tertiary/aromatic N) is 2. The van der Waals surface area contributed by atoms with Gasteiger partial charge in [-0.15, -0.1) is 0 Å². The minimum absolute atomic E-state index is 0.0669. The molecule has 0 aliphatic heterocycles. The summed E-state index contributed by atoms with van der Waals surface area (Å²) in [5.74, 6) is 1.01. The monoisotopic (exact) mass is 311 g/mol. The quantitative estimate of drug-likeness (QED) is 0.873. The summed E-state index contributed by atoms with van der Waals surface area (Å²) < 4.78 is 2.02. The minimum Gasteiger partial charge on any atom is -0.338 e. The van der Waals surface area contributed by atoms with Gasteiger partial charge in [-0.25, -0.2) is 4.98 Å². The molecule has 1 unspecified atom stereocenters. The Morgan fingerprint density at radius 2 is 2.00 bits per heavy atom. The van der Waals surface area contributed by atoms with E-state index in [1.165, 1.54) is 0 Å². The summed E-state index contributed by atoms with van der Waals surface area (Å²) in [4.78, 5) is 4.39. The summed E-state index contributed by atoms with van der Waals surface area (Å²) in [5.41, 5.74) is 0.951. The van der Waals surface area contributed by atoms with Crippen LogP contribution in [0.15, 0.2) is 30.6 Å². The smallest absolute Gasteiger partial charge is 0.110 e. The average Bonchev–Trinajstić information content (AvgIpc) is 2.81. The molecule has 0 aliphatic rings. The summed E-state index contributed by atoms with van der Waals surface area (Å²) in [6.45, 7) is 3.05. The van der Waals surface area contributed by atoms with E-state index in [9.17, 15) is 0 Å². The van der Waals surface area contributed by atoms with Gasteiger partial charge in [0.05, 0.1) is 0 Å². The first kappa shape index (κ1) is 15.4. The van der Waals surface area contributed by atoms with E-state index in [0.29, 0.717) is 10.0 Å². The van der Waals surface area contributed by atoms with Gasteiger partial charge in [-0.05, 0) is 25.1 Å². The van der Waals surface area contributed by atoms with Gasteiger partial charge in [0.15, 0.2) is 0 Å². The van der Waals surface area contributed by atoms with E-state index in [4.69, 9.17) is 23.2 Å². The lowest BCUT2D eigenvalue weighted by Crippen LogP contribution is -2.25. The van der Waals surface area contributed by atoms with E-state index in [1.807, 2.05) is 36.0 Å². The lowest BCUT2D eigenvalue weighted by molar-refractivity contribution is 0.512. The largest absolute Gasteiger partial charge is 0.338 e. The molecular weight excluding hydrogens is 293 g/mol. The maximum absolute atomic E-state index is 6.33. The molecule has 20 heavy (non-hydrogen) atoms. The molecule has 1 atom stereocenters. The standard InChI is InChI=1S/C15H19Cl2N3/c1-3-7-18-13(10-14-19-8-9-20(14)2)15-11(16)5-4-6-12(15)17/h4-6,8-9,13,18H,3,7,10H2,1-2H3. The van der Waals surface area contributed by atoms with Crippen LogP contribution in [0.2, 0.25) is 10.0 Å². The second-order valence-corrected chi connectivity index (χ2v) is 5.61. The van der Waals surface area contributed by atoms with Crippen LogP contribution in [-0.2, 0) is 13.5 Å². The highest BCUT2D eigenvalue weighted by atomic mass is 35.5. The zero-order chi connectivity index (χ0) is 14.5. The number of aromatic nitrogens is 2. The molecule has 2 rings (SSSR count). The molecule has 0 amide bonds. The van der Waals surface area contributed by atoms with Crippen molar-refractivity contribution in [2.45, 2.75) is 25.8 Å². The van der Waals surface area contributed by atoms with Crippen molar-refractivity contribution in [2.24, 2.45) is 7.05 Å². The van der Waals surface area contributed by atoms with E-state index >= 15 is 0 Å². The predicted molar refractivity (Wildman–Crippen MR) is 84.4 cm³/mol. The Hall–Kier alpha value is -1.03. The van der Waals surface area contributed by atoms with Crippen LogP contribution in [0.1, 0.15) is 30.8 Å². The van der Waals surface area contributed by atoms with Crippen molar-refractivity contribution in [3.63, 3.8) is 0 Å². The lowest BCUT2D eigenvalue weighted by Gasteiger charge is -2.21. The highest BCUT2D eigenvalue weighted by molar-refractivity contribution is 6.36. The van der Waals surface area contributed by atoms with E-state index in [0.717, 1.165) is 30.8 Å². The highest BCUT2D eigenvalue weighted by Crippen LogP contribution is 2.31. The van der Waals surface area contributed by atoms with Crippen LogP contribution < -0.4 is 5.32 Å². The first-order chi connectivity index (χ1) is 9.63. The van der Waals surface area contributed by atoms with Crippen LogP contribution >= 0.6 is 23.2 Å². The average molecular weight is 312 g/mol. The van der Waals surface area contributed by atoms with Crippen LogP contribution in [0.25, 0.3) is 0 Å². The third-order valence-electron chi connectivity index (χ3n) is 3.30. The van der Waals surface area contributed by atoms with Crippen molar-refractivity contribution in [2.75, 3.05) is 6.54 Å². The number of benzene rings is 1. The van der Waals surface area contributed by atoms with Gasteiger partial charge < -0.3 is 9.88 Å². The zero-order valence-electron chi connectivity index (χ0n) is 11.7. The highest BCUT2D eigenvalue weighted by Gasteiger charge is 2.19. The summed E-state index contributed by atoms with van der Waals surface area (Å²) in [6.07, 6.45) is 5.56. The van der Waals surface area contributed by atoms with Gasteiger partial charge in [0, 0.05) is 47.5 Å². The number of aryl methyl sites for hydroxylation is 1. The van der Waals surface area contributed by atoms with Crippen molar-refractivity contribution in [3.8, 4) is 0 Å². The topological polar surface area (TPSA) is 29.9 Å². The molecule has 1 aromatic carbocycles. The molecule has 3 nitrogen and oxygen atoms in total. The van der Waals surface area contributed by atoms with Crippen molar-refractivity contribution in [1.29, 1.82) is 0 Å². The molecule has 0 aliphatic carbocycles. The van der Waals surface area contributed by atoms with Gasteiger partial charge >= 0.3 is 0 Å². The van der Waals surface area contributed by atoms with Crippen LogP contribution in [0.3, 0.4) is 0 Å². The van der Waals surface area contributed by atoms with E-state index < -0.39 is 0 Å². The number of hydrogen-bond acceptors (Lipinski definition) is 2. The fourth-order valence-corrected chi connectivity index (χ4v) is 2.88. The van der Waals surface area contributed by atoms with E-state index in [2.05, 4.69) is 17.2 Å². The molecule has 1 N–H and O–H groups in total. The number of halogens is 2. The van der Waals surface area contributed by atoms with Gasteiger partial charge in [0.2, 0.25) is 0 Å². The Morgan fingerprint density at radius 1 is 1.30 bits per heavy atom. The summed E-state index contributed by atoms with van der Waals surface area (Å²) in [5, 5.41) is 4.90. The van der Waals surface area contributed by atoms with E-state index in [-0.39, 0.29) is 6.04 Å². The van der Waals surface area contributed by atoms with Crippen molar-refractivity contribution in [3.05, 3.63) is 52.0 Å². The predicted octanol–water partition coefficient (Wildman–Crippen LogP) is 4.01. The maximum Gasteiger partial charge on any atom is 0.110 e. The van der Waals surface area contributed by atoms with Crippen molar-refractivity contribution in [1.82, 2.24) is 14.9 Å². The molecule has 1 heterocycles. The SMILES string of the molecule is CCCNC(Cc1nccn1C)c1c(Cl)cccc1Cl. The molecule has 0 radical (unpaired) electrons. The fourth-order valence-electron chi connectivity index (χ4n) is 2.21. The first-order valence-corrected chi connectivity index (χ1v) is 7.52. The number of rotatable bonds is 6. The summed E-state index contributed by atoms with van der Waals surface area (Å²) in [6, 6.07) is 5.69. The van der Waals surface area contributed by atoms with Gasteiger partial charge in [0.1, 0.15) is 5.82 Å². The Labute approximate surface area is 129 Å². The third kappa shape index (κ3) is 3.54. The molecule has 1 aromatic heterocycles. The van der Waals surface area contributed by atoms with E-state index in [1.54, 1.807) is 6.20 Å². The Bertz CT molecular complexity index is 546. The molecule has 0 saturated carbocycles. The fraction of sp³-hybridized carbons (Fsp3) is 0.400. The second kappa shape index (κ2) is 7.11. The van der Waals surface area contributed by atoms with Crippen LogP contribution in [0.4, 0.5) is 0 Å². The van der Waals surface area contributed by atoms with Crippen LogP contribution in [0.5, 0.6) is 0 Å². The Morgan fingerprint density at radius 3 is 2.55 bits per heavy atom. The molecule has 0 bridgehead atoms. The van der Waals surface area contributed by atoms with Gasteiger partial charge in [-0.2, -0.15) is 0 Å². The lowest BCUT2D eigenvalue weighted by atomic mass is 10.0. The van der Waals surface area contributed by atoms with Gasteiger partial charge in [-0.1, -0.05) is 36.2 Å².